The standard InChI is InChI=1S/C23H26N4O2/c1-3-5-15-24-21-16-20(26-22(27-21)17-9-7-6-8-10-17)23(28)25-18-11-13-19(14-12-18)29-4-2/h6-14,16H,3-5,15H2,1-2H3,(H,25,28)(H,24,26,27). The summed E-state index contributed by atoms with van der Waals surface area (Å²) in [5.74, 6) is 1.64. The van der Waals surface area contributed by atoms with E-state index in [4.69, 9.17) is 4.74 Å². The third-order valence-electron chi connectivity index (χ3n) is 4.25. The molecule has 0 unspecified atom stereocenters. The van der Waals surface area contributed by atoms with Crippen LogP contribution in [0, 0.1) is 0 Å². The second-order valence-corrected chi connectivity index (χ2v) is 6.52. The van der Waals surface area contributed by atoms with Crippen LogP contribution in [0.2, 0.25) is 0 Å². The van der Waals surface area contributed by atoms with Crippen LogP contribution in [-0.2, 0) is 0 Å². The van der Waals surface area contributed by atoms with Crippen molar-refractivity contribution in [3.8, 4) is 17.1 Å². The molecule has 0 saturated carbocycles. The molecule has 1 amide bonds. The molecule has 0 aliphatic rings. The predicted octanol–water partition coefficient (Wildman–Crippen LogP) is 5.01. The summed E-state index contributed by atoms with van der Waals surface area (Å²) in [5.41, 5.74) is 1.85. The number of nitrogens with zero attached hydrogens (tertiary/aromatic N) is 2. The molecule has 6 nitrogen and oxygen atoms in total. The Bertz CT molecular complexity index is 927. The van der Waals surface area contributed by atoms with Gasteiger partial charge in [0.1, 0.15) is 17.3 Å². The summed E-state index contributed by atoms with van der Waals surface area (Å²) in [6.07, 6.45) is 2.10. The number of rotatable bonds is 9. The van der Waals surface area contributed by atoms with Crippen molar-refractivity contribution in [2.24, 2.45) is 0 Å². The number of amides is 1. The number of carbonyl (C=O) groups is 1. The van der Waals surface area contributed by atoms with Crippen LogP contribution >= 0.6 is 0 Å². The van der Waals surface area contributed by atoms with Crippen molar-refractivity contribution in [3.63, 3.8) is 0 Å². The summed E-state index contributed by atoms with van der Waals surface area (Å²) in [5, 5.41) is 6.18. The summed E-state index contributed by atoms with van der Waals surface area (Å²) in [6, 6.07) is 18.6. The first-order valence-electron chi connectivity index (χ1n) is 9.92. The van der Waals surface area contributed by atoms with Gasteiger partial charge in [-0.3, -0.25) is 4.79 Å². The van der Waals surface area contributed by atoms with Crippen molar-refractivity contribution in [3.05, 3.63) is 66.4 Å². The number of nitrogens with one attached hydrogen (secondary N) is 2. The van der Waals surface area contributed by atoms with Crippen LogP contribution in [0.1, 0.15) is 37.2 Å². The number of hydrogen-bond acceptors (Lipinski definition) is 5. The van der Waals surface area contributed by atoms with Gasteiger partial charge in [0.15, 0.2) is 5.82 Å². The third-order valence-corrected chi connectivity index (χ3v) is 4.25. The minimum Gasteiger partial charge on any atom is -0.494 e. The average molecular weight is 390 g/mol. The van der Waals surface area contributed by atoms with E-state index in [0.717, 1.165) is 30.7 Å². The molecular formula is C23H26N4O2. The van der Waals surface area contributed by atoms with Crippen LogP contribution < -0.4 is 15.4 Å². The molecule has 150 valence electrons. The molecule has 1 aromatic heterocycles. The van der Waals surface area contributed by atoms with Crippen molar-refractivity contribution in [2.45, 2.75) is 26.7 Å². The zero-order valence-corrected chi connectivity index (χ0v) is 16.8. The molecule has 6 heteroatoms. The maximum Gasteiger partial charge on any atom is 0.274 e. The first kappa shape index (κ1) is 20.3. The van der Waals surface area contributed by atoms with Crippen LogP contribution in [-0.4, -0.2) is 29.0 Å². The Morgan fingerprint density at radius 3 is 2.45 bits per heavy atom. The smallest absolute Gasteiger partial charge is 0.274 e. The Labute approximate surface area is 171 Å². The summed E-state index contributed by atoms with van der Waals surface area (Å²) < 4.78 is 5.44. The van der Waals surface area contributed by atoms with Gasteiger partial charge in [0.2, 0.25) is 0 Å². The van der Waals surface area contributed by atoms with Gasteiger partial charge in [0.05, 0.1) is 6.61 Å². The van der Waals surface area contributed by atoms with Crippen molar-refractivity contribution < 1.29 is 9.53 Å². The van der Waals surface area contributed by atoms with Gasteiger partial charge in [-0.25, -0.2) is 9.97 Å². The fourth-order valence-corrected chi connectivity index (χ4v) is 2.76. The number of hydrogen-bond donors (Lipinski definition) is 2. The molecule has 0 spiro atoms. The largest absolute Gasteiger partial charge is 0.494 e. The second-order valence-electron chi connectivity index (χ2n) is 6.52. The summed E-state index contributed by atoms with van der Waals surface area (Å²) >= 11 is 0. The van der Waals surface area contributed by atoms with Crippen molar-refractivity contribution in [1.29, 1.82) is 0 Å². The SMILES string of the molecule is CCCCNc1cc(C(=O)Nc2ccc(OCC)cc2)nc(-c2ccccc2)n1. The molecule has 1 heterocycles. The van der Waals surface area contributed by atoms with Crippen LogP contribution in [0.3, 0.4) is 0 Å². The molecule has 0 radical (unpaired) electrons. The van der Waals surface area contributed by atoms with E-state index in [1.54, 1.807) is 6.07 Å². The van der Waals surface area contributed by atoms with E-state index in [0.29, 0.717) is 29.6 Å². The molecule has 2 aromatic carbocycles. The van der Waals surface area contributed by atoms with Crippen molar-refractivity contribution in [2.75, 3.05) is 23.8 Å². The quantitative estimate of drug-likeness (QED) is 0.503. The number of ether oxygens (including phenoxy) is 1. The minimum absolute atomic E-state index is 0.285. The molecule has 29 heavy (non-hydrogen) atoms. The average Bonchev–Trinajstić information content (AvgIpc) is 2.76. The lowest BCUT2D eigenvalue weighted by Gasteiger charge is -2.11. The third kappa shape index (κ3) is 5.78. The highest BCUT2D eigenvalue weighted by atomic mass is 16.5. The molecule has 2 N–H and O–H groups in total. The lowest BCUT2D eigenvalue weighted by atomic mass is 10.2. The summed E-state index contributed by atoms with van der Waals surface area (Å²) in [4.78, 5) is 21.9. The predicted molar refractivity (Wildman–Crippen MR) is 116 cm³/mol. The molecular weight excluding hydrogens is 364 g/mol. The van der Waals surface area contributed by atoms with E-state index >= 15 is 0 Å². The monoisotopic (exact) mass is 390 g/mol. The fraction of sp³-hybridized carbons (Fsp3) is 0.261. The Morgan fingerprint density at radius 2 is 1.76 bits per heavy atom. The lowest BCUT2D eigenvalue weighted by molar-refractivity contribution is 0.102. The zero-order valence-electron chi connectivity index (χ0n) is 16.8. The topological polar surface area (TPSA) is 76.1 Å². The highest BCUT2D eigenvalue weighted by Crippen LogP contribution is 2.20. The minimum atomic E-state index is -0.285. The molecule has 0 aliphatic heterocycles. The number of unbranched alkanes of at least 4 members (excludes halogenated alkanes) is 1. The molecule has 0 fully saturated rings. The Hall–Kier alpha value is -3.41. The number of aromatic nitrogens is 2. The summed E-state index contributed by atoms with van der Waals surface area (Å²) in [7, 11) is 0. The Morgan fingerprint density at radius 1 is 1.00 bits per heavy atom. The zero-order chi connectivity index (χ0) is 20.5. The molecule has 0 bridgehead atoms. The molecule has 3 rings (SSSR count). The molecule has 0 atom stereocenters. The molecule has 3 aromatic rings. The van der Waals surface area contributed by atoms with Gasteiger partial charge in [0, 0.05) is 23.9 Å². The van der Waals surface area contributed by atoms with E-state index in [2.05, 4.69) is 27.5 Å². The molecule has 0 aliphatic carbocycles. The highest BCUT2D eigenvalue weighted by molar-refractivity contribution is 6.03. The Balaban J connectivity index is 1.83. The first-order chi connectivity index (χ1) is 14.2. The number of anilines is 2. The maximum atomic E-state index is 12.8. The van der Waals surface area contributed by atoms with Crippen LogP contribution in [0.5, 0.6) is 5.75 Å². The van der Waals surface area contributed by atoms with Gasteiger partial charge in [-0.05, 0) is 37.6 Å². The number of carbonyl (C=O) groups excluding carboxylic acids is 1. The van der Waals surface area contributed by atoms with Crippen LogP contribution in [0.4, 0.5) is 11.5 Å². The van der Waals surface area contributed by atoms with E-state index in [-0.39, 0.29) is 5.91 Å². The first-order valence-corrected chi connectivity index (χ1v) is 9.92. The van der Waals surface area contributed by atoms with Gasteiger partial charge < -0.3 is 15.4 Å². The van der Waals surface area contributed by atoms with Gasteiger partial charge in [-0.15, -0.1) is 0 Å². The van der Waals surface area contributed by atoms with E-state index < -0.39 is 0 Å². The normalized spacial score (nSPS) is 10.4. The highest BCUT2D eigenvalue weighted by Gasteiger charge is 2.13. The summed E-state index contributed by atoms with van der Waals surface area (Å²) in [6.45, 7) is 5.46. The van der Waals surface area contributed by atoms with Gasteiger partial charge in [-0.1, -0.05) is 43.7 Å². The van der Waals surface area contributed by atoms with Crippen molar-refractivity contribution in [1.82, 2.24) is 9.97 Å². The van der Waals surface area contributed by atoms with Gasteiger partial charge in [-0.2, -0.15) is 0 Å². The maximum absolute atomic E-state index is 12.8. The van der Waals surface area contributed by atoms with Crippen molar-refractivity contribution >= 4 is 17.4 Å². The number of benzene rings is 2. The molecule has 0 saturated heterocycles. The Kier molecular flexibility index (Phi) is 7.16. The fourth-order valence-electron chi connectivity index (χ4n) is 2.76. The lowest BCUT2D eigenvalue weighted by Crippen LogP contribution is -2.16. The van der Waals surface area contributed by atoms with Gasteiger partial charge in [0.25, 0.3) is 5.91 Å². The van der Waals surface area contributed by atoms with Crippen LogP contribution in [0.25, 0.3) is 11.4 Å². The van der Waals surface area contributed by atoms with Gasteiger partial charge >= 0.3 is 0 Å². The van der Waals surface area contributed by atoms with E-state index in [9.17, 15) is 4.79 Å². The van der Waals surface area contributed by atoms with Crippen LogP contribution in [0.15, 0.2) is 60.7 Å². The van der Waals surface area contributed by atoms with E-state index in [1.165, 1.54) is 0 Å². The van der Waals surface area contributed by atoms with E-state index in [1.807, 2.05) is 61.5 Å². The second kappa shape index (κ2) is 10.2.